The highest BCUT2D eigenvalue weighted by Gasteiger charge is 2.63. The molecule has 4 aliphatic rings. The van der Waals surface area contributed by atoms with E-state index in [1.165, 1.54) is 32.8 Å². The van der Waals surface area contributed by atoms with Gasteiger partial charge in [0, 0.05) is 6.42 Å². The summed E-state index contributed by atoms with van der Waals surface area (Å²) in [5.41, 5.74) is 0.271. The number of aliphatic hydroxyl groups excluding tert-OH is 2. The Morgan fingerprint density at radius 1 is 1.07 bits per heavy atom. The van der Waals surface area contributed by atoms with Crippen LogP contribution in [0.4, 0.5) is 0 Å². The number of esters is 1. The highest BCUT2D eigenvalue weighted by Crippen LogP contribution is 2.68. The number of methoxy groups -OCH3 is 1. The lowest BCUT2D eigenvalue weighted by atomic mass is 9.43. The summed E-state index contributed by atoms with van der Waals surface area (Å²) >= 11 is 0. The molecule has 0 aromatic heterocycles. The zero-order valence-corrected chi connectivity index (χ0v) is 18.9. The molecule has 0 radical (unpaired) electrons. The summed E-state index contributed by atoms with van der Waals surface area (Å²) in [4.78, 5) is 11.6. The Balaban J connectivity index is 1.53. The first-order valence-corrected chi connectivity index (χ1v) is 12.1. The summed E-state index contributed by atoms with van der Waals surface area (Å²) in [6, 6.07) is 0. The summed E-state index contributed by atoms with van der Waals surface area (Å²) in [5, 5.41) is 21.8. The Morgan fingerprint density at radius 2 is 1.83 bits per heavy atom. The highest BCUT2D eigenvalue weighted by atomic mass is 16.5. The second kappa shape index (κ2) is 7.82. The minimum Gasteiger partial charge on any atom is -0.469 e. The molecule has 29 heavy (non-hydrogen) atoms. The zero-order chi connectivity index (χ0) is 21.0. The van der Waals surface area contributed by atoms with Gasteiger partial charge in [0.05, 0.1) is 19.3 Å². The molecule has 4 saturated carbocycles. The SMILES string of the molecule is COC(=O)CC[C@H](C)[C@@H]1CC[C@H]2[C@H]3CC[C@@H]4C[C@H](O)CC[C@]4(C)[C@@H]3C[C@H](O)[C@@]21C. The molecule has 2 N–H and O–H groups in total. The van der Waals surface area contributed by atoms with E-state index in [2.05, 4.69) is 20.8 Å². The molecular weight excluding hydrogens is 364 g/mol. The van der Waals surface area contributed by atoms with Crippen molar-refractivity contribution in [2.24, 2.45) is 46.3 Å². The quantitative estimate of drug-likeness (QED) is 0.671. The Morgan fingerprint density at radius 3 is 2.55 bits per heavy atom. The predicted octanol–water partition coefficient (Wildman–Crippen LogP) is 4.57. The van der Waals surface area contributed by atoms with Crippen LogP contribution in [0, 0.1) is 46.3 Å². The minimum atomic E-state index is -0.246. The predicted molar refractivity (Wildman–Crippen MR) is 113 cm³/mol. The third-order valence-corrected chi connectivity index (χ3v) is 10.5. The molecule has 0 bridgehead atoms. The number of aliphatic hydroxyl groups is 2. The Bertz CT molecular complexity index is 620. The second-order valence-electron chi connectivity index (χ2n) is 11.5. The third-order valence-electron chi connectivity index (χ3n) is 10.5. The summed E-state index contributed by atoms with van der Waals surface area (Å²) in [6.45, 7) is 7.12. The largest absolute Gasteiger partial charge is 0.469 e. The fourth-order valence-electron chi connectivity index (χ4n) is 8.81. The van der Waals surface area contributed by atoms with E-state index in [0.29, 0.717) is 41.4 Å². The molecule has 4 heteroatoms. The van der Waals surface area contributed by atoms with Gasteiger partial charge in [-0.2, -0.15) is 0 Å². The number of fused-ring (bicyclic) bond motifs is 5. The molecule has 0 aromatic carbocycles. The normalized spacial score (nSPS) is 50.2. The average molecular weight is 407 g/mol. The van der Waals surface area contributed by atoms with Gasteiger partial charge >= 0.3 is 5.97 Å². The standard InChI is InChI=1S/C25H42O4/c1-15(5-10-23(28)29-4)19-8-9-20-18-7-6-16-13-17(26)11-12-24(16,2)21(18)14-22(27)25(19,20)3/h15-22,26-27H,5-14H2,1-4H3/t15-,16+,17+,18+,19-,20-,21+,22-,24-,25+/m0/s1. The number of hydrogen-bond acceptors (Lipinski definition) is 4. The molecule has 0 spiro atoms. The molecule has 0 heterocycles. The highest BCUT2D eigenvalue weighted by molar-refractivity contribution is 5.69. The van der Waals surface area contributed by atoms with Crippen LogP contribution >= 0.6 is 0 Å². The van der Waals surface area contributed by atoms with Gasteiger partial charge in [0.1, 0.15) is 0 Å². The van der Waals surface area contributed by atoms with Crippen LogP contribution in [-0.2, 0) is 9.53 Å². The van der Waals surface area contributed by atoms with Crippen molar-refractivity contribution in [3.63, 3.8) is 0 Å². The Hall–Kier alpha value is -0.610. The lowest BCUT2D eigenvalue weighted by Gasteiger charge is -2.62. The molecule has 10 atom stereocenters. The number of carbonyl (C=O) groups excluding carboxylic acids is 1. The van der Waals surface area contributed by atoms with Gasteiger partial charge in [-0.1, -0.05) is 20.8 Å². The van der Waals surface area contributed by atoms with Crippen LogP contribution in [0.2, 0.25) is 0 Å². The van der Waals surface area contributed by atoms with E-state index in [1.54, 1.807) is 0 Å². The topological polar surface area (TPSA) is 66.8 Å². The fourth-order valence-corrected chi connectivity index (χ4v) is 8.81. The van der Waals surface area contributed by atoms with Gasteiger partial charge in [0.25, 0.3) is 0 Å². The van der Waals surface area contributed by atoms with Crippen molar-refractivity contribution < 1.29 is 19.7 Å². The third kappa shape index (κ3) is 3.37. The summed E-state index contributed by atoms with van der Waals surface area (Å²) in [7, 11) is 1.46. The number of hydrogen-bond donors (Lipinski definition) is 2. The van der Waals surface area contributed by atoms with Gasteiger partial charge < -0.3 is 14.9 Å². The lowest BCUT2D eigenvalue weighted by molar-refractivity contribution is -0.175. The van der Waals surface area contributed by atoms with Crippen LogP contribution in [0.25, 0.3) is 0 Å². The number of ether oxygens (including phenoxy) is 1. The van der Waals surface area contributed by atoms with Crippen molar-refractivity contribution in [3.05, 3.63) is 0 Å². The van der Waals surface area contributed by atoms with E-state index in [-0.39, 0.29) is 23.6 Å². The van der Waals surface area contributed by atoms with E-state index in [4.69, 9.17) is 4.74 Å². The van der Waals surface area contributed by atoms with Crippen molar-refractivity contribution in [1.29, 1.82) is 0 Å². The molecule has 166 valence electrons. The zero-order valence-electron chi connectivity index (χ0n) is 18.9. The average Bonchev–Trinajstić information content (AvgIpc) is 3.06. The lowest BCUT2D eigenvalue weighted by Crippen LogP contribution is -2.58. The van der Waals surface area contributed by atoms with Crippen molar-refractivity contribution >= 4 is 5.97 Å². The molecule has 4 rings (SSSR count). The van der Waals surface area contributed by atoms with Crippen LogP contribution in [0.3, 0.4) is 0 Å². The first kappa shape index (κ1) is 21.6. The maximum atomic E-state index is 11.6. The Kier molecular flexibility index (Phi) is 5.83. The van der Waals surface area contributed by atoms with Crippen LogP contribution in [0.15, 0.2) is 0 Å². The Labute approximate surface area is 176 Å². The first-order chi connectivity index (χ1) is 13.7. The van der Waals surface area contributed by atoms with Crippen molar-refractivity contribution in [2.75, 3.05) is 7.11 Å². The van der Waals surface area contributed by atoms with Gasteiger partial charge in [0.15, 0.2) is 0 Å². The van der Waals surface area contributed by atoms with Crippen LogP contribution in [-0.4, -0.2) is 35.5 Å². The smallest absolute Gasteiger partial charge is 0.305 e. The fraction of sp³-hybridized carbons (Fsp3) is 0.960. The van der Waals surface area contributed by atoms with Gasteiger partial charge in [0.2, 0.25) is 0 Å². The minimum absolute atomic E-state index is 0.0198. The summed E-state index contributed by atoms with van der Waals surface area (Å²) < 4.78 is 4.85. The number of rotatable bonds is 4. The molecule has 0 aliphatic heterocycles. The maximum absolute atomic E-state index is 11.6. The number of carbonyl (C=O) groups is 1. The van der Waals surface area contributed by atoms with Crippen molar-refractivity contribution in [1.82, 2.24) is 0 Å². The van der Waals surface area contributed by atoms with Crippen LogP contribution in [0.1, 0.15) is 85.0 Å². The van der Waals surface area contributed by atoms with E-state index in [1.807, 2.05) is 0 Å². The van der Waals surface area contributed by atoms with Crippen LogP contribution in [0.5, 0.6) is 0 Å². The molecule has 4 aliphatic carbocycles. The first-order valence-electron chi connectivity index (χ1n) is 12.1. The maximum Gasteiger partial charge on any atom is 0.305 e. The van der Waals surface area contributed by atoms with Crippen molar-refractivity contribution in [3.8, 4) is 0 Å². The van der Waals surface area contributed by atoms with E-state index >= 15 is 0 Å². The van der Waals surface area contributed by atoms with Gasteiger partial charge in [-0.15, -0.1) is 0 Å². The van der Waals surface area contributed by atoms with E-state index in [0.717, 1.165) is 38.0 Å². The van der Waals surface area contributed by atoms with Crippen LogP contribution < -0.4 is 0 Å². The molecular formula is C25H42O4. The second-order valence-corrected chi connectivity index (χ2v) is 11.5. The van der Waals surface area contributed by atoms with E-state index in [9.17, 15) is 15.0 Å². The molecule has 4 nitrogen and oxygen atoms in total. The molecule has 0 unspecified atom stereocenters. The van der Waals surface area contributed by atoms with Crippen molar-refractivity contribution in [2.45, 2.75) is 97.2 Å². The molecule has 4 fully saturated rings. The molecule has 0 saturated heterocycles. The van der Waals surface area contributed by atoms with Gasteiger partial charge in [-0.05, 0) is 104 Å². The van der Waals surface area contributed by atoms with E-state index < -0.39 is 0 Å². The van der Waals surface area contributed by atoms with Gasteiger partial charge in [-0.3, -0.25) is 4.79 Å². The molecule has 0 aromatic rings. The van der Waals surface area contributed by atoms with Gasteiger partial charge in [-0.25, -0.2) is 0 Å². The molecule has 0 amide bonds. The summed E-state index contributed by atoms with van der Waals surface area (Å²) in [5.74, 6) is 3.36. The summed E-state index contributed by atoms with van der Waals surface area (Å²) in [6.07, 6.45) is 9.86. The monoisotopic (exact) mass is 406 g/mol.